The molecule has 0 aliphatic heterocycles. The first-order valence-electron chi connectivity index (χ1n) is 3.93. The first-order valence-corrected chi connectivity index (χ1v) is 5.43. The maximum Gasteiger partial charge on any atom is 1.00 e. The molecule has 7 nitrogen and oxygen atoms in total. The molecular formula is C8H7NaO7S. The molecular weight excluding hydrogens is 263 g/mol. The minimum atomic E-state index is -4.83. The van der Waals surface area contributed by atoms with Gasteiger partial charge in [-0.15, -0.1) is 0 Å². The quantitative estimate of drug-likeness (QED) is 0.264. The van der Waals surface area contributed by atoms with Crippen molar-refractivity contribution in [3.63, 3.8) is 0 Å². The van der Waals surface area contributed by atoms with E-state index in [1.165, 1.54) is 0 Å². The van der Waals surface area contributed by atoms with E-state index < -0.39 is 38.4 Å². The van der Waals surface area contributed by atoms with E-state index in [0.29, 0.717) is 0 Å². The van der Waals surface area contributed by atoms with Crippen LogP contribution in [0.2, 0.25) is 0 Å². The van der Waals surface area contributed by atoms with E-state index >= 15 is 0 Å². The molecule has 0 amide bonds. The van der Waals surface area contributed by atoms with Crippen LogP contribution in [0.1, 0.15) is 0 Å². The summed E-state index contributed by atoms with van der Waals surface area (Å²) in [6, 6.07) is 0. The Morgan fingerprint density at radius 3 is 2.24 bits per heavy atom. The second-order valence-electron chi connectivity index (χ2n) is 2.94. The van der Waals surface area contributed by atoms with E-state index in [1.54, 1.807) is 0 Å². The maximum absolute atomic E-state index is 10.9. The van der Waals surface area contributed by atoms with Gasteiger partial charge >= 0.3 is 35.5 Å². The topological polar surface area (TPSA) is 135 Å². The third kappa shape index (κ3) is 3.58. The van der Waals surface area contributed by atoms with E-state index in [0.717, 1.165) is 18.2 Å². The monoisotopic (exact) mass is 270 g/mol. The predicted octanol–water partition coefficient (Wildman–Crippen LogP) is -4.04. The van der Waals surface area contributed by atoms with E-state index in [4.69, 9.17) is 14.8 Å². The van der Waals surface area contributed by atoms with Gasteiger partial charge in [0.2, 0.25) is 0 Å². The Labute approximate surface area is 119 Å². The first kappa shape index (κ1) is 16.2. The van der Waals surface area contributed by atoms with Crippen molar-refractivity contribution >= 4 is 16.1 Å². The van der Waals surface area contributed by atoms with Gasteiger partial charge < -0.3 is 15.3 Å². The fraction of sp³-hybridized carbons (Fsp3) is 0.125. The van der Waals surface area contributed by atoms with Crippen LogP contribution in [0.15, 0.2) is 35.3 Å². The van der Waals surface area contributed by atoms with Crippen molar-refractivity contribution in [2.75, 3.05) is 0 Å². The number of hydrogen-bond acceptors (Lipinski definition) is 5. The number of aliphatic hydroxyl groups excluding tert-OH is 1. The summed E-state index contributed by atoms with van der Waals surface area (Å²) in [5.41, 5.74) is -1.41. The summed E-state index contributed by atoms with van der Waals surface area (Å²) in [6.45, 7) is 0. The molecule has 0 spiro atoms. The largest absolute Gasteiger partial charge is 1.00 e. The smallest absolute Gasteiger partial charge is 0.629 e. The van der Waals surface area contributed by atoms with Gasteiger partial charge in [-0.1, -0.05) is 18.2 Å². The number of aliphatic carboxylic acids is 1. The number of carboxylic acid groups (broad SMARTS) is 1. The Kier molecular flexibility index (Phi) is 5.43. The average molecular weight is 270 g/mol. The maximum atomic E-state index is 10.9. The zero-order valence-corrected chi connectivity index (χ0v) is 11.5. The molecule has 0 saturated carbocycles. The Hall–Kier alpha value is -0.800. The van der Waals surface area contributed by atoms with Gasteiger partial charge in [0, 0.05) is 0 Å². The second-order valence-corrected chi connectivity index (χ2v) is 4.44. The Morgan fingerprint density at radius 1 is 1.35 bits per heavy atom. The van der Waals surface area contributed by atoms with Gasteiger partial charge in [-0.2, -0.15) is 8.42 Å². The number of allylic oxidation sites excluding steroid dienone is 3. The molecule has 9 heteroatoms. The number of aliphatic hydroxyl groups is 1. The molecule has 0 saturated heterocycles. The number of carboxylic acids is 1. The average Bonchev–Trinajstić information content (AvgIpc) is 2.15. The Bertz CT molecular complexity index is 510. The molecule has 1 aliphatic rings. The molecule has 0 aromatic heterocycles. The molecule has 0 bridgehead atoms. The summed E-state index contributed by atoms with van der Waals surface area (Å²) in [7, 11) is -4.83. The van der Waals surface area contributed by atoms with Crippen LogP contribution >= 0.6 is 0 Å². The van der Waals surface area contributed by atoms with Crippen molar-refractivity contribution in [2.45, 2.75) is 5.25 Å². The fourth-order valence-electron chi connectivity index (χ4n) is 1.29. The van der Waals surface area contributed by atoms with Gasteiger partial charge in [-0.05, 0) is 5.57 Å². The van der Waals surface area contributed by atoms with E-state index in [-0.39, 0.29) is 29.6 Å². The van der Waals surface area contributed by atoms with Crippen LogP contribution in [0.25, 0.3) is 0 Å². The summed E-state index contributed by atoms with van der Waals surface area (Å²) in [5, 5.41) is 26.0. The zero-order valence-electron chi connectivity index (χ0n) is 8.69. The SMILES string of the molecule is O=C(O)C1=CC=C/C(=C(\[O-])O)C1S(=O)(=O)O.[Na+]. The summed E-state index contributed by atoms with van der Waals surface area (Å²) in [4.78, 5) is 10.7. The van der Waals surface area contributed by atoms with Crippen molar-refractivity contribution in [2.24, 2.45) is 0 Å². The molecule has 0 aromatic carbocycles. The van der Waals surface area contributed by atoms with E-state index in [2.05, 4.69) is 0 Å². The Balaban J connectivity index is 0.00000256. The van der Waals surface area contributed by atoms with Crippen LogP contribution in [0, 0.1) is 0 Å². The van der Waals surface area contributed by atoms with Crippen molar-refractivity contribution < 1.29 is 62.6 Å². The molecule has 17 heavy (non-hydrogen) atoms. The minimum absolute atomic E-state index is 0. The molecule has 0 aromatic rings. The van der Waals surface area contributed by atoms with Crippen molar-refractivity contribution in [1.29, 1.82) is 0 Å². The van der Waals surface area contributed by atoms with Gasteiger partial charge in [0.05, 0.1) is 11.5 Å². The standard InChI is InChI=1S/C8H8O7S.Na/c9-7(10)4-2-1-3-5(8(11)12)6(4)16(13,14)15;/h1-3,6,9-10H,(H,11,12)(H,13,14,15);/q;+1/p-1. The van der Waals surface area contributed by atoms with Gasteiger partial charge in [-0.3, -0.25) is 4.55 Å². The first-order chi connectivity index (χ1) is 7.25. The molecule has 0 heterocycles. The van der Waals surface area contributed by atoms with E-state index in [1.807, 2.05) is 0 Å². The summed E-state index contributed by atoms with van der Waals surface area (Å²) < 4.78 is 30.7. The van der Waals surface area contributed by atoms with Crippen LogP contribution in [-0.2, 0) is 14.9 Å². The molecule has 0 radical (unpaired) electrons. The van der Waals surface area contributed by atoms with Crippen molar-refractivity contribution in [3.8, 4) is 0 Å². The number of rotatable bonds is 2. The van der Waals surface area contributed by atoms with E-state index in [9.17, 15) is 18.3 Å². The van der Waals surface area contributed by atoms with Crippen LogP contribution in [-0.4, -0.2) is 34.4 Å². The summed E-state index contributed by atoms with van der Waals surface area (Å²) >= 11 is 0. The fourth-order valence-corrected chi connectivity index (χ4v) is 2.29. The van der Waals surface area contributed by atoms with Crippen LogP contribution < -0.4 is 34.7 Å². The molecule has 1 aliphatic carbocycles. The molecule has 88 valence electrons. The summed E-state index contributed by atoms with van der Waals surface area (Å²) in [5.74, 6) is -3.21. The van der Waals surface area contributed by atoms with Crippen molar-refractivity contribution in [3.05, 3.63) is 35.3 Å². The molecule has 1 unspecified atom stereocenters. The van der Waals surface area contributed by atoms with Gasteiger partial charge in [0.1, 0.15) is 5.25 Å². The van der Waals surface area contributed by atoms with Crippen molar-refractivity contribution in [1.82, 2.24) is 0 Å². The van der Waals surface area contributed by atoms with Crippen LogP contribution in [0.5, 0.6) is 0 Å². The number of hydrogen-bond donors (Lipinski definition) is 3. The number of carbonyl (C=O) groups is 1. The zero-order chi connectivity index (χ0) is 12.5. The molecule has 1 atom stereocenters. The second kappa shape index (κ2) is 5.69. The predicted molar refractivity (Wildman–Crippen MR) is 49.9 cm³/mol. The molecule has 0 fully saturated rings. The third-order valence-corrected chi connectivity index (χ3v) is 3.01. The van der Waals surface area contributed by atoms with Gasteiger partial charge in [0.15, 0.2) is 0 Å². The van der Waals surface area contributed by atoms with Gasteiger partial charge in [0.25, 0.3) is 10.1 Å². The van der Waals surface area contributed by atoms with Gasteiger partial charge in [-0.25, -0.2) is 4.79 Å². The molecule has 3 N–H and O–H groups in total. The third-order valence-electron chi connectivity index (χ3n) is 1.91. The minimum Gasteiger partial charge on any atom is -0.629 e. The summed E-state index contributed by atoms with van der Waals surface area (Å²) in [6.07, 6.45) is 2.94. The van der Waals surface area contributed by atoms with Crippen LogP contribution in [0.3, 0.4) is 0 Å². The normalized spacial score (nSPS) is 22.4. The van der Waals surface area contributed by atoms with Crippen LogP contribution in [0.4, 0.5) is 0 Å². The Morgan fingerprint density at radius 2 is 1.88 bits per heavy atom. The molecule has 1 rings (SSSR count).